The fourth-order valence-electron chi connectivity index (χ4n) is 7.96. The van der Waals surface area contributed by atoms with Gasteiger partial charge in [-0.15, -0.1) is 0 Å². The molecule has 0 saturated heterocycles. The van der Waals surface area contributed by atoms with E-state index in [2.05, 4.69) is 19.9 Å². The molecular formula is C33H36O4. The first kappa shape index (κ1) is 25.4. The first-order valence-corrected chi connectivity index (χ1v) is 13.1. The van der Waals surface area contributed by atoms with Gasteiger partial charge >= 0.3 is 0 Å². The monoisotopic (exact) mass is 496 g/mol. The first-order valence-electron chi connectivity index (χ1n) is 13.1. The van der Waals surface area contributed by atoms with Crippen LogP contribution < -0.4 is 4.74 Å². The molecule has 5 rings (SSSR count). The van der Waals surface area contributed by atoms with Crippen LogP contribution in [0.3, 0.4) is 0 Å². The van der Waals surface area contributed by atoms with Gasteiger partial charge in [0.2, 0.25) is 0 Å². The molecule has 3 unspecified atom stereocenters. The highest BCUT2D eigenvalue weighted by Gasteiger charge is 2.63. The Morgan fingerprint density at radius 3 is 2.16 bits per heavy atom. The summed E-state index contributed by atoms with van der Waals surface area (Å²) in [4.78, 5) is 40.9. The molecule has 0 radical (unpaired) electrons. The third-order valence-electron chi connectivity index (χ3n) is 9.77. The summed E-state index contributed by atoms with van der Waals surface area (Å²) in [6.07, 6.45) is 2.11. The van der Waals surface area contributed by atoms with E-state index in [0.717, 1.165) is 56.7 Å². The molecule has 0 N–H and O–H groups in total. The molecule has 3 aliphatic carbocycles. The van der Waals surface area contributed by atoms with Gasteiger partial charge < -0.3 is 4.74 Å². The van der Waals surface area contributed by atoms with E-state index in [9.17, 15) is 14.4 Å². The zero-order chi connectivity index (χ0) is 27.1. The van der Waals surface area contributed by atoms with Crippen LogP contribution in [0.25, 0.3) is 11.1 Å². The Morgan fingerprint density at radius 1 is 0.919 bits per heavy atom. The van der Waals surface area contributed by atoms with Crippen LogP contribution in [0.15, 0.2) is 58.7 Å². The molecule has 0 fully saturated rings. The third kappa shape index (κ3) is 3.30. The molecule has 3 aliphatic rings. The molecular weight excluding hydrogens is 460 g/mol. The second-order valence-corrected chi connectivity index (χ2v) is 12.2. The molecule has 37 heavy (non-hydrogen) atoms. The van der Waals surface area contributed by atoms with Crippen molar-refractivity contribution < 1.29 is 19.1 Å². The number of carbonyl (C=O) groups excluding carboxylic acids is 3. The quantitative estimate of drug-likeness (QED) is 0.428. The van der Waals surface area contributed by atoms with Gasteiger partial charge in [-0.25, -0.2) is 0 Å². The van der Waals surface area contributed by atoms with Crippen molar-refractivity contribution >= 4 is 17.3 Å². The number of methoxy groups -OCH3 is 1. The number of ketones is 3. The van der Waals surface area contributed by atoms with E-state index < -0.39 is 16.2 Å². The minimum Gasteiger partial charge on any atom is -0.497 e. The second-order valence-electron chi connectivity index (χ2n) is 12.2. The van der Waals surface area contributed by atoms with Gasteiger partial charge in [-0.05, 0) is 93.7 Å². The van der Waals surface area contributed by atoms with Crippen LogP contribution in [-0.4, -0.2) is 24.5 Å². The fraction of sp³-hybridized carbons (Fsp3) is 0.424. The van der Waals surface area contributed by atoms with Crippen molar-refractivity contribution in [3.8, 4) is 16.9 Å². The van der Waals surface area contributed by atoms with Gasteiger partial charge in [0.05, 0.1) is 18.1 Å². The van der Waals surface area contributed by atoms with Gasteiger partial charge in [-0.2, -0.15) is 0 Å². The van der Waals surface area contributed by atoms with Crippen molar-refractivity contribution in [2.45, 2.75) is 67.7 Å². The molecule has 0 heterocycles. The maximum atomic E-state index is 14.4. The maximum Gasteiger partial charge on any atom is 0.190 e. The molecule has 0 aromatic heterocycles. The van der Waals surface area contributed by atoms with Gasteiger partial charge in [-0.1, -0.05) is 49.3 Å². The highest BCUT2D eigenvalue weighted by Crippen LogP contribution is 2.66. The van der Waals surface area contributed by atoms with Crippen LogP contribution in [0.1, 0.15) is 75.9 Å². The predicted octanol–water partition coefficient (Wildman–Crippen LogP) is 7.03. The number of ether oxygens (including phenoxy) is 1. The minimum absolute atomic E-state index is 0.0286. The van der Waals surface area contributed by atoms with E-state index in [0.29, 0.717) is 18.4 Å². The summed E-state index contributed by atoms with van der Waals surface area (Å²) in [6, 6.07) is 12.1. The zero-order valence-electron chi connectivity index (χ0n) is 23.2. The molecule has 4 nitrogen and oxygen atoms in total. The molecule has 2 aromatic carbocycles. The van der Waals surface area contributed by atoms with Crippen molar-refractivity contribution in [3.63, 3.8) is 0 Å². The van der Waals surface area contributed by atoms with E-state index in [-0.39, 0.29) is 17.3 Å². The van der Waals surface area contributed by atoms with Gasteiger partial charge in [0.15, 0.2) is 17.3 Å². The van der Waals surface area contributed by atoms with Gasteiger partial charge in [0.1, 0.15) is 5.75 Å². The lowest BCUT2D eigenvalue weighted by molar-refractivity contribution is -0.134. The van der Waals surface area contributed by atoms with Crippen molar-refractivity contribution in [1.82, 2.24) is 0 Å². The SMILES string of the molecule is COc1ccc(-c2ccc(C)c3c2CC2(C)CC4(C)CC(C)=C(C(C)=O)C(=O)C4(C)C(C)=C2C3=O)cc1. The van der Waals surface area contributed by atoms with E-state index in [1.54, 1.807) is 7.11 Å². The van der Waals surface area contributed by atoms with Crippen molar-refractivity contribution in [1.29, 1.82) is 0 Å². The topological polar surface area (TPSA) is 60.4 Å². The van der Waals surface area contributed by atoms with Crippen molar-refractivity contribution in [2.75, 3.05) is 7.11 Å². The highest BCUT2D eigenvalue weighted by atomic mass is 16.5. The summed E-state index contributed by atoms with van der Waals surface area (Å²) < 4.78 is 5.35. The Hall–Kier alpha value is -3.27. The lowest BCUT2D eigenvalue weighted by Crippen LogP contribution is -2.57. The van der Waals surface area contributed by atoms with E-state index in [1.165, 1.54) is 6.92 Å². The predicted molar refractivity (Wildman–Crippen MR) is 146 cm³/mol. The maximum absolute atomic E-state index is 14.4. The molecule has 0 saturated carbocycles. The highest BCUT2D eigenvalue weighted by molar-refractivity contribution is 6.24. The molecule has 192 valence electrons. The van der Waals surface area contributed by atoms with Gasteiger partial charge in [-0.3, -0.25) is 14.4 Å². The second kappa shape index (κ2) is 8.11. The van der Waals surface area contributed by atoms with Crippen LogP contribution in [-0.2, 0) is 16.0 Å². The van der Waals surface area contributed by atoms with Crippen LogP contribution in [0.2, 0.25) is 0 Å². The summed E-state index contributed by atoms with van der Waals surface area (Å²) in [7, 11) is 1.65. The number of benzene rings is 2. The Labute approximate surface area is 219 Å². The van der Waals surface area contributed by atoms with Crippen molar-refractivity contribution in [3.05, 3.63) is 75.4 Å². The van der Waals surface area contributed by atoms with Gasteiger partial charge in [0, 0.05) is 16.6 Å². The molecule has 0 amide bonds. The van der Waals surface area contributed by atoms with Gasteiger partial charge in [0.25, 0.3) is 0 Å². The number of carbonyl (C=O) groups is 3. The van der Waals surface area contributed by atoms with E-state index in [4.69, 9.17) is 4.74 Å². The first-order chi connectivity index (χ1) is 17.3. The number of hydrogen-bond donors (Lipinski definition) is 0. The normalized spacial score (nSPS) is 29.1. The molecule has 0 spiro atoms. The third-order valence-corrected chi connectivity index (χ3v) is 9.77. The number of aryl methyl sites for hydroxylation is 1. The number of rotatable bonds is 3. The Kier molecular flexibility index (Phi) is 5.57. The minimum atomic E-state index is -0.892. The smallest absolute Gasteiger partial charge is 0.190 e. The molecule has 3 atom stereocenters. The average Bonchev–Trinajstić information content (AvgIpc) is 2.81. The number of hydrogen-bond acceptors (Lipinski definition) is 4. The molecule has 0 aliphatic heterocycles. The Morgan fingerprint density at radius 2 is 1.57 bits per heavy atom. The van der Waals surface area contributed by atoms with Crippen molar-refractivity contribution in [2.24, 2.45) is 16.2 Å². The Balaban J connectivity index is 1.74. The molecule has 0 bridgehead atoms. The fourth-order valence-corrected chi connectivity index (χ4v) is 7.96. The summed E-state index contributed by atoms with van der Waals surface area (Å²) >= 11 is 0. The lowest BCUT2D eigenvalue weighted by atomic mass is 9.42. The standard InChI is InChI=1S/C33H36O4/c1-18-9-14-24(22-10-12-23(37-8)13-11-22)25-16-31(5)17-32(6)15-19(2)26(21(4)34)30(36)33(32,7)20(3)28(31)29(35)27(18)25/h9-14H,15-17H2,1-8H3. The summed E-state index contributed by atoms with van der Waals surface area (Å²) in [5, 5.41) is 0. The zero-order valence-corrected chi connectivity index (χ0v) is 23.2. The van der Waals surface area contributed by atoms with Crippen LogP contribution in [0.5, 0.6) is 5.75 Å². The Bertz CT molecular complexity index is 1450. The molecule has 2 aromatic rings. The summed E-state index contributed by atoms with van der Waals surface area (Å²) in [5.74, 6) is 0.516. The number of allylic oxidation sites excluding steroid dienone is 4. The van der Waals surface area contributed by atoms with E-state index >= 15 is 0 Å². The number of Topliss-reactive ketones (excluding diaryl/α,β-unsaturated/α-hetero) is 3. The number of fused-ring (bicyclic) bond motifs is 3. The molecule has 4 heteroatoms. The van der Waals surface area contributed by atoms with Crippen LogP contribution in [0.4, 0.5) is 0 Å². The van der Waals surface area contributed by atoms with Crippen LogP contribution >= 0.6 is 0 Å². The largest absolute Gasteiger partial charge is 0.497 e. The van der Waals surface area contributed by atoms with E-state index in [1.807, 2.05) is 58.0 Å². The van der Waals surface area contributed by atoms with Crippen LogP contribution in [0, 0.1) is 23.2 Å². The average molecular weight is 497 g/mol. The lowest BCUT2D eigenvalue weighted by Gasteiger charge is -2.59. The summed E-state index contributed by atoms with van der Waals surface area (Å²) in [6.45, 7) is 13.7. The summed E-state index contributed by atoms with van der Waals surface area (Å²) in [5.41, 5.74) is 6.03.